The lowest BCUT2D eigenvalue weighted by atomic mass is 9.86. The number of amides is 1. The fraction of sp³-hybridized carbons (Fsp3) is 0.622. The van der Waals surface area contributed by atoms with Crippen molar-refractivity contribution in [2.45, 2.75) is 162 Å². The number of unbranched alkanes of at least 4 members (excludes halogenated alkanes) is 12. The number of hydrogen-bond donors (Lipinski definition) is 1. The van der Waals surface area contributed by atoms with E-state index in [9.17, 15) is 29.8 Å². The van der Waals surface area contributed by atoms with Crippen LogP contribution in [0.15, 0.2) is 47.7 Å². The molecule has 2 aromatic rings. The molecule has 1 fully saturated rings. The number of esters is 1. The number of carbonyl (C=O) groups excluding carboxylic acids is 2. The van der Waals surface area contributed by atoms with Crippen molar-refractivity contribution in [3.8, 4) is 5.75 Å². The van der Waals surface area contributed by atoms with Gasteiger partial charge >= 0.3 is 17.7 Å². The van der Waals surface area contributed by atoms with Crippen LogP contribution in [-0.2, 0) is 27.2 Å². The summed E-state index contributed by atoms with van der Waals surface area (Å²) in [5.41, 5.74) is 0.232. The molecule has 1 saturated heterocycles. The minimum atomic E-state index is -1.51. The molecular formula is C45H65N5O9S. The van der Waals surface area contributed by atoms with Crippen LogP contribution in [0.5, 0.6) is 5.75 Å². The third-order valence-corrected chi connectivity index (χ3v) is 11.4. The van der Waals surface area contributed by atoms with E-state index in [0.717, 1.165) is 43.2 Å². The molecule has 0 bridgehead atoms. The van der Waals surface area contributed by atoms with Gasteiger partial charge < -0.3 is 19.5 Å². The summed E-state index contributed by atoms with van der Waals surface area (Å²) in [6.07, 6.45) is 13.6. The molecule has 0 aromatic heterocycles. The van der Waals surface area contributed by atoms with Crippen LogP contribution in [0.2, 0.25) is 0 Å². The van der Waals surface area contributed by atoms with Crippen molar-refractivity contribution >= 4 is 40.8 Å². The molecule has 60 heavy (non-hydrogen) atoms. The first-order valence-corrected chi connectivity index (χ1v) is 22.4. The number of carbonyl (C=O) groups is 2. The normalized spacial score (nSPS) is 16.2. The standard InChI is InChI=1S/C45H65N5O9S/c1-6-8-9-10-11-12-13-14-15-16-17-18-22-25-36-37(49(53)54)30-38(50(55)56)42(57-7-2)40(36)41-39(43(51)58-32(3)4)33(5)46-44(60)48(41)45(52)59-35-26-28-47(29-27-35)31-34-23-20-19-21-24-34/h19-21,23-24,30,32,35,41H,6-18,22,25-29,31H2,1-5H3,(H,46,60). The van der Waals surface area contributed by atoms with Crippen LogP contribution >= 0.6 is 12.2 Å². The quantitative estimate of drug-likeness (QED) is 0.0350. The van der Waals surface area contributed by atoms with E-state index in [2.05, 4.69) is 29.3 Å². The molecule has 4 rings (SSSR count). The summed E-state index contributed by atoms with van der Waals surface area (Å²) in [6.45, 7) is 10.8. The van der Waals surface area contributed by atoms with Gasteiger partial charge in [0.05, 0.1) is 34.2 Å². The second-order valence-electron chi connectivity index (χ2n) is 16.1. The number of likely N-dealkylation sites (tertiary alicyclic amines) is 1. The molecule has 1 N–H and O–H groups in total. The number of nitro groups is 2. The summed E-state index contributed by atoms with van der Waals surface area (Å²) in [5, 5.41) is 28.3. The average molecular weight is 852 g/mol. The Hall–Kier alpha value is -4.63. The van der Waals surface area contributed by atoms with Crippen molar-refractivity contribution in [2.24, 2.45) is 0 Å². The number of hydrogen-bond acceptors (Lipinski definition) is 11. The predicted octanol–water partition coefficient (Wildman–Crippen LogP) is 10.8. The maximum Gasteiger partial charge on any atom is 0.417 e. The van der Waals surface area contributed by atoms with E-state index in [4.69, 9.17) is 26.4 Å². The second kappa shape index (κ2) is 24.6. The van der Waals surface area contributed by atoms with E-state index in [-0.39, 0.29) is 46.3 Å². The van der Waals surface area contributed by atoms with Gasteiger partial charge in [0.1, 0.15) is 12.1 Å². The lowest BCUT2D eigenvalue weighted by Gasteiger charge is -2.40. The number of nitro benzene ring substituents is 2. The fourth-order valence-corrected chi connectivity index (χ4v) is 8.46. The van der Waals surface area contributed by atoms with Gasteiger partial charge in [0.15, 0.2) is 5.11 Å². The molecule has 330 valence electrons. The Kier molecular flexibility index (Phi) is 19.7. The minimum Gasteiger partial charge on any atom is -0.487 e. The lowest BCUT2D eigenvalue weighted by Crippen LogP contribution is -2.52. The van der Waals surface area contributed by atoms with E-state index in [1.165, 1.54) is 56.9 Å². The molecule has 0 saturated carbocycles. The van der Waals surface area contributed by atoms with Gasteiger partial charge in [-0.1, -0.05) is 114 Å². The van der Waals surface area contributed by atoms with Gasteiger partial charge in [0.2, 0.25) is 5.75 Å². The molecule has 2 aliphatic rings. The van der Waals surface area contributed by atoms with Crippen LogP contribution in [0.1, 0.15) is 154 Å². The first-order valence-electron chi connectivity index (χ1n) is 22.0. The Bertz CT molecular complexity index is 1800. The number of rotatable bonds is 24. The Labute approximate surface area is 360 Å². The van der Waals surface area contributed by atoms with E-state index in [1.54, 1.807) is 27.7 Å². The molecule has 0 aliphatic carbocycles. The molecule has 1 atom stereocenters. The van der Waals surface area contributed by atoms with Gasteiger partial charge in [0, 0.05) is 36.5 Å². The summed E-state index contributed by atoms with van der Waals surface area (Å²) in [4.78, 5) is 56.1. The SMILES string of the molecule is CCCCCCCCCCCCCCCc1c([N+](=O)[O-])cc([N+](=O)[O-])c(OCC)c1C1C(C(=O)OC(C)C)=C(C)NC(=S)N1C(=O)OC1CCN(Cc2ccccc2)CC1. The van der Waals surface area contributed by atoms with E-state index in [1.807, 2.05) is 18.2 Å². The third kappa shape index (κ3) is 13.7. The Morgan fingerprint density at radius 2 is 1.43 bits per heavy atom. The summed E-state index contributed by atoms with van der Waals surface area (Å²) in [6, 6.07) is 9.50. The number of nitrogens with zero attached hydrogens (tertiary/aromatic N) is 4. The van der Waals surface area contributed by atoms with Gasteiger partial charge in [-0.2, -0.15) is 0 Å². The zero-order valence-electron chi connectivity index (χ0n) is 36.2. The summed E-state index contributed by atoms with van der Waals surface area (Å²) >= 11 is 5.77. The zero-order valence-corrected chi connectivity index (χ0v) is 37.0. The average Bonchev–Trinajstić information content (AvgIpc) is 3.20. The number of ether oxygens (including phenoxy) is 3. The number of benzene rings is 2. The second-order valence-corrected chi connectivity index (χ2v) is 16.5. The van der Waals surface area contributed by atoms with Gasteiger partial charge in [-0.05, 0) is 71.2 Å². The summed E-state index contributed by atoms with van der Waals surface area (Å²) in [7, 11) is 0. The molecule has 0 spiro atoms. The third-order valence-electron chi connectivity index (χ3n) is 11.1. The molecule has 2 heterocycles. The highest BCUT2D eigenvalue weighted by atomic mass is 32.1. The smallest absolute Gasteiger partial charge is 0.417 e. The van der Waals surface area contributed by atoms with Crippen LogP contribution in [0, 0.1) is 20.2 Å². The molecular weight excluding hydrogens is 787 g/mol. The van der Waals surface area contributed by atoms with Crippen LogP contribution in [0.3, 0.4) is 0 Å². The highest BCUT2D eigenvalue weighted by molar-refractivity contribution is 7.80. The van der Waals surface area contributed by atoms with E-state index in [0.29, 0.717) is 32.4 Å². The maximum absolute atomic E-state index is 14.5. The van der Waals surface area contributed by atoms with Crippen LogP contribution in [0.25, 0.3) is 0 Å². The van der Waals surface area contributed by atoms with Crippen molar-refractivity contribution < 1.29 is 33.6 Å². The molecule has 14 nitrogen and oxygen atoms in total. The number of piperidine rings is 1. The van der Waals surface area contributed by atoms with Crippen LogP contribution in [0.4, 0.5) is 16.2 Å². The van der Waals surface area contributed by atoms with Gasteiger partial charge in [0.25, 0.3) is 5.69 Å². The van der Waals surface area contributed by atoms with E-state index < -0.39 is 51.5 Å². The van der Waals surface area contributed by atoms with Crippen LogP contribution in [-0.4, -0.2) is 68.7 Å². The molecule has 1 amide bonds. The molecule has 15 heteroatoms. The van der Waals surface area contributed by atoms with Gasteiger partial charge in [-0.25, -0.2) is 14.5 Å². The number of allylic oxidation sites excluding steroid dienone is 1. The summed E-state index contributed by atoms with van der Waals surface area (Å²) in [5.74, 6) is -1.10. The topological polar surface area (TPSA) is 167 Å². The van der Waals surface area contributed by atoms with Crippen molar-refractivity contribution in [1.29, 1.82) is 0 Å². The highest BCUT2D eigenvalue weighted by Crippen LogP contribution is 2.49. The zero-order chi connectivity index (χ0) is 43.6. The number of thiocarbonyl (C=S) groups is 1. The Morgan fingerprint density at radius 1 is 0.867 bits per heavy atom. The van der Waals surface area contributed by atoms with Crippen molar-refractivity contribution in [2.75, 3.05) is 19.7 Å². The fourth-order valence-electron chi connectivity index (χ4n) is 8.13. The Balaban J connectivity index is 1.67. The van der Waals surface area contributed by atoms with Gasteiger partial charge in [-0.3, -0.25) is 25.1 Å². The lowest BCUT2D eigenvalue weighted by molar-refractivity contribution is -0.395. The molecule has 2 aliphatic heterocycles. The number of nitrogens with one attached hydrogen (secondary N) is 1. The van der Waals surface area contributed by atoms with Crippen molar-refractivity contribution in [3.05, 3.63) is 84.6 Å². The predicted molar refractivity (Wildman–Crippen MR) is 236 cm³/mol. The Morgan fingerprint density at radius 3 is 1.97 bits per heavy atom. The van der Waals surface area contributed by atoms with Crippen molar-refractivity contribution in [1.82, 2.24) is 15.1 Å². The molecule has 0 radical (unpaired) electrons. The van der Waals surface area contributed by atoms with Crippen LogP contribution < -0.4 is 10.1 Å². The minimum absolute atomic E-state index is 0.0419. The summed E-state index contributed by atoms with van der Waals surface area (Å²) < 4.78 is 17.8. The van der Waals surface area contributed by atoms with Gasteiger partial charge in [-0.15, -0.1) is 0 Å². The largest absolute Gasteiger partial charge is 0.487 e. The monoisotopic (exact) mass is 851 g/mol. The highest BCUT2D eigenvalue weighted by Gasteiger charge is 2.47. The first-order chi connectivity index (χ1) is 28.9. The maximum atomic E-state index is 14.5. The molecule has 1 unspecified atom stereocenters. The van der Waals surface area contributed by atoms with Crippen molar-refractivity contribution in [3.63, 3.8) is 0 Å². The first kappa shape index (κ1) is 48.0. The van der Waals surface area contributed by atoms with E-state index >= 15 is 0 Å². The molecule has 2 aromatic carbocycles.